The smallest absolute Gasteiger partial charge is 0.237 e. The summed E-state index contributed by atoms with van der Waals surface area (Å²) in [6.45, 7) is 4.08. The largest absolute Gasteiger partial charge is 0.356 e. The summed E-state index contributed by atoms with van der Waals surface area (Å²) in [6.07, 6.45) is 0. The molecule has 4 rings (SSSR count). The van der Waals surface area contributed by atoms with Crippen molar-refractivity contribution < 1.29 is 4.79 Å². The molecule has 3 aromatic carbocycles. The number of thioether (sulfide) groups is 1. The first-order valence-electron chi connectivity index (χ1n) is 9.83. The third-order valence-corrected chi connectivity index (χ3v) is 6.75. The van der Waals surface area contributed by atoms with E-state index in [1.807, 2.05) is 91.5 Å². The first-order valence-corrected chi connectivity index (χ1v) is 11.6. The van der Waals surface area contributed by atoms with Gasteiger partial charge in [0.2, 0.25) is 5.91 Å². The molecular weight excluding hydrogens is 410 g/mol. The van der Waals surface area contributed by atoms with Gasteiger partial charge in [-0.15, -0.1) is 11.3 Å². The zero-order valence-corrected chi connectivity index (χ0v) is 18.5. The molecule has 0 unspecified atom stereocenters. The standard InChI is InChI=1S/C24H23N3OS2/c1-17(2)27(20-14-12-19(13-15-20)25-18-8-4-3-5-9-18)23(28)16-29-24-26-21-10-6-7-11-22(21)30-24/h3-15,17,25H,16H2,1-2H3. The number of hydrogen-bond donors (Lipinski definition) is 1. The van der Waals surface area contributed by atoms with Crippen LogP contribution in [0.4, 0.5) is 17.1 Å². The fourth-order valence-corrected chi connectivity index (χ4v) is 5.16. The molecule has 1 aromatic heterocycles. The Balaban J connectivity index is 1.43. The van der Waals surface area contributed by atoms with E-state index >= 15 is 0 Å². The molecule has 0 atom stereocenters. The van der Waals surface area contributed by atoms with Gasteiger partial charge in [0.05, 0.1) is 16.0 Å². The molecule has 0 aliphatic heterocycles. The molecule has 0 saturated heterocycles. The van der Waals surface area contributed by atoms with Gasteiger partial charge < -0.3 is 10.2 Å². The molecule has 30 heavy (non-hydrogen) atoms. The third kappa shape index (κ3) is 4.83. The number of rotatable bonds is 7. The zero-order valence-electron chi connectivity index (χ0n) is 16.9. The van der Waals surface area contributed by atoms with Gasteiger partial charge >= 0.3 is 0 Å². The Kier molecular flexibility index (Phi) is 6.35. The summed E-state index contributed by atoms with van der Waals surface area (Å²) in [6, 6.07) is 26.2. The molecule has 0 spiro atoms. The van der Waals surface area contributed by atoms with Crippen LogP contribution in [-0.4, -0.2) is 22.7 Å². The van der Waals surface area contributed by atoms with Crippen LogP contribution in [0.5, 0.6) is 0 Å². The summed E-state index contributed by atoms with van der Waals surface area (Å²) in [5.74, 6) is 0.445. The van der Waals surface area contributed by atoms with Crippen LogP contribution >= 0.6 is 23.1 Å². The maximum absolute atomic E-state index is 13.0. The summed E-state index contributed by atoms with van der Waals surface area (Å²) in [7, 11) is 0. The molecule has 0 fully saturated rings. The number of thiazole rings is 1. The summed E-state index contributed by atoms with van der Waals surface area (Å²) < 4.78 is 2.07. The fourth-order valence-electron chi connectivity index (χ4n) is 3.23. The molecule has 4 aromatic rings. The van der Waals surface area contributed by atoms with Gasteiger partial charge in [0.1, 0.15) is 0 Å². The van der Waals surface area contributed by atoms with Crippen LogP contribution in [0.25, 0.3) is 10.2 Å². The molecule has 0 radical (unpaired) electrons. The Bertz CT molecular complexity index is 1090. The van der Waals surface area contributed by atoms with Crippen molar-refractivity contribution >= 4 is 56.3 Å². The number of amides is 1. The van der Waals surface area contributed by atoms with Crippen molar-refractivity contribution in [1.29, 1.82) is 0 Å². The van der Waals surface area contributed by atoms with Crippen LogP contribution < -0.4 is 10.2 Å². The minimum absolute atomic E-state index is 0.0707. The molecule has 0 aliphatic carbocycles. The molecule has 152 valence electrons. The van der Waals surface area contributed by atoms with Gasteiger partial charge in [-0.25, -0.2) is 4.98 Å². The van der Waals surface area contributed by atoms with Gasteiger partial charge in [-0.1, -0.05) is 42.1 Å². The van der Waals surface area contributed by atoms with Crippen molar-refractivity contribution in [3.63, 3.8) is 0 Å². The van der Waals surface area contributed by atoms with E-state index in [9.17, 15) is 4.79 Å². The Labute approximate surface area is 185 Å². The average molecular weight is 434 g/mol. The maximum atomic E-state index is 13.0. The lowest BCUT2D eigenvalue weighted by Crippen LogP contribution is -2.38. The van der Waals surface area contributed by atoms with E-state index in [1.165, 1.54) is 11.8 Å². The second-order valence-corrected chi connectivity index (χ2v) is 9.38. The number of carbonyl (C=O) groups is 1. The third-order valence-electron chi connectivity index (χ3n) is 4.59. The Hall–Kier alpha value is -2.83. The number of hydrogen-bond acceptors (Lipinski definition) is 5. The van der Waals surface area contributed by atoms with Crippen molar-refractivity contribution in [3.05, 3.63) is 78.9 Å². The van der Waals surface area contributed by atoms with E-state index < -0.39 is 0 Å². The monoisotopic (exact) mass is 433 g/mol. The molecule has 6 heteroatoms. The molecule has 0 bridgehead atoms. The Morgan fingerprint density at radius 1 is 0.967 bits per heavy atom. The van der Waals surface area contributed by atoms with Crippen LogP contribution in [0.3, 0.4) is 0 Å². The van der Waals surface area contributed by atoms with Gasteiger partial charge in [0.15, 0.2) is 4.34 Å². The van der Waals surface area contributed by atoms with Crippen LogP contribution in [0.2, 0.25) is 0 Å². The maximum Gasteiger partial charge on any atom is 0.237 e. The first kappa shape index (κ1) is 20.4. The minimum Gasteiger partial charge on any atom is -0.356 e. The first-order chi connectivity index (χ1) is 14.6. The quantitative estimate of drug-likeness (QED) is 0.335. The number of para-hydroxylation sites is 2. The van der Waals surface area contributed by atoms with E-state index in [4.69, 9.17) is 0 Å². The predicted molar refractivity (Wildman–Crippen MR) is 129 cm³/mol. The van der Waals surface area contributed by atoms with E-state index in [1.54, 1.807) is 11.3 Å². The Morgan fingerprint density at radius 3 is 2.33 bits per heavy atom. The fraction of sp³-hybridized carbons (Fsp3) is 0.167. The second kappa shape index (κ2) is 9.32. The highest BCUT2D eigenvalue weighted by molar-refractivity contribution is 8.01. The number of fused-ring (bicyclic) bond motifs is 1. The number of benzene rings is 3. The lowest BCUT2D eigenvalue weighted by atomic mass is 10.2. The molecule has 1 N–H and O–H groups in total. The number of nitrogens with zero attached hydrogens (tertiary/aromatic N) is 2. The predicted octanol–water partition coefficient (Wildman–Crippen LogP) is 6.57. The highest BCUT2D eigenvalue weighted by atomic mass is 32.2. The molecule has 1 amide bonds. The molecule has 0 saturated carbocycles. The molecule has 4 nitrogen and oxygen atoms in total. The number of carbonyl (C=O) groups excluding carboxylic acids is 1. The topological polar surface area (TPSA) is 45.2 Å². The summed E-state index contributed by atoms with van der Waals surface area (Å²) in [4.78, 5) is 19.5. The average Bonchev–Trinajstić information content (AvgIpc) is 3.17. The summed E-state index contributed by atoms with van der Waals surface area (Å²) >= 11 is 3.13. The van der Waals surface area contributed by atoms with Crippen molar-refractivity contribution in [3.8, 4) is 0 Å². The molecule has 1 heterocycles. The van der Waals surface area contributed by atoms with Gasteiger partial charge in [0, 0.05) is 23.1 Å². The normalized spacial score (nSPS) is 11.0. The van der Waals surface area contributed by atoms with Gasteiger partial charge in [0.25, 0.3) is 0 Å². The minimum atomic E-state index is 0.0707. The SMILES string of the molecule is CC(C)N(C(=O)CSc1nc2ccccc2s1)c1ccc(Nc2ccccc2)cc1. The van der Waals surface area contributed by atoms with Crippen LogP contribution in [0, 0.1) is 0 Å². The van der Waals surface area contributed by atoms with Crippen molar-refractivity contribution in [2.24, 2.45) is 0 Å². The van der Waals surface area contributed by atoms with Crippen LogP contribution in [-0.2, 0) is 4.79 Å². The van der Waals surface area contributed by atoms with Crippen molar-refractivity contribution in [2.45, 2.75) is 24.2 Å². The van der Waals surface area contributed by atoms with E-state index in [0.717, 1.165) is 31.6 Å². The highest BCUT2D eigenvalue weighted by Crippen LogP contribution is 2.30. The van der Waals surface area contributed by atoms with Crippen molar-refractivity contribution in [2.75, 3.05) is 16.0 Å². The van der Waals surface area contributed by atoms with E-state index in [-0.39, 0.29) is 11.9 Å². The second-order valence-electron chi connectivity index (χ2n) is 7.13. The summed E-state index contributed by atoms with van der Waals surface area (Å²) in [5.41, 5.74) is 3.91. The lowest BCUT2D eigenvalue weighted by molar-refractivity contribution is -0.116. The zero-order chi connectivity index (χ0) is 20.9. The van der Waals surface area contributed by atoms with Gasteiger partial charge in [-0.05, 0) is 62.4 Å². The molecule has 0 aliphatic rings. The molecular formula is C24H23N3OS2. The number of aromatic nitrogens is 1. The van der Waals surface area contributed by atoms with E-state index in [0.29, 0.717) is 5.75 Å². The lowest BCUT2D eigenvalue weighted by Gasteiger charge is -2.27. The van der Waals surface area contributed by atoms with E-state index in [2.05, 4.69) is 16.4 Å². The number of anilines is 3. The number of nitrogens with one attached hydrogen (secondary N) is 1. The van der Waals surface area contributed by atoms with Crippen LogP contribution in [0.15, 0.2) is 83.2 Å². The highest BCUT2D eigenvalue weighted by Gasteiger charge is 2.20. The van der Waals surface area contributed by atoms with Crippen molar-refractivity contribution in [1.82, 2.24) is 4.98 Å². The van der Waals surface area contributed by atoms with Gasteiger partial charge in [-0.3, -0.25) is 4.79 Å². The van der Waals surface area contributed by atoms with Gasteiger partial charge in [-0.2, -0.15) is 0 Å². The van der Waals surface area contributed by atoms with Crippen LogP contribution in [0.1, 0.15) is 13.8 Å². The Morgan fingerprint density at radius 2 is 1.63 bits per heavy atom. The summed E-state index contributed by atoms with van der Waals surface area (Å²) in [5, 5.41) is 3.37.